The molecule has 0 bridgehead atoms. The highest BCUT2D eigenvalue weighted by Crippen LogP contribution is 2.28. The number of urea groups is 1. The number of nitrogens with zero attached hydrogens (tertiary/aromatic N) is 1. The van der Waals surface area contributed by atoms with E-state index in [4.69, 9.17) is 4.74 Å². The van der Waals surface area contributed by atoms with E-state index in [1.165, 1.54) is 32.1 Å². The molecular weight excluding hydrogens is 302 g/mol. The average Bonchev–Trinajstić information content (AvgIpc) is 3.02. The van der Waals surface area contributed by atoms with Gasteiger partial charge in [0.2, 0.25) is 0 Å². The van der Waals surface area contributed by atoms with Crippen molar-refractivity contribution in [2.45, 2.75) is 84.0 Å². The standard InChI is InChI=1S/C19H37N3O2/c1-15-12-22(13-16(2)24-15)19(3,4)14-21-18(23)20-11-7-10-17-8-5-6-9-17/h15-17H,5-14H2,1-4H3,(H2,20,21,23). The smallest absolute Gasteiger partial charge is 0.314 e. The van der Waals surface area contributed by atoms with E-state index in [9.17, 15) is 4.79 Å². The third-order valence-electron chi connectivity index (χ3n) is 5.51. The average molecular weight is 340 g/mol. The minimum absolute atomic E-state index is 0.0381. The van der Waals surface area contributed by atoms with Crippen molar-refractivity contribution in [1.29, 1.82) is 0 Å². The third-order valence-corrected chi connectivity index (χ3v) is 5.51. The Hall–Kier alpha value is -0.810. The second kappa shape index (κ2) is 9.04. The van der Waals surface area contributed by atoms with Crippen molar-refractivity contribution < 1.29 is 9.53 Å². The second-order valence-corrected chi connectivity index (χ2v) is 8.38. The number of carbonyl (C=O) groups excluding carboxylic acids is 1. The summed E-state index contributed by atoms with van der Waals surface area (Å²) in [6.07, 6.45) is 8.41. The van der Waals surface area contributed by atoms with Gasteiger partial charge in [-0.3, -0.25) is 4.90 Å². The van der Waals surface area contributed by atoms with Gasteiger partial charge in [0.15, 0.2) is 0 Å². The molecule has 5 heteroatoms. The Morgan fingerprint density at radius 3 is 2.38 bits per heavy atom. The predicted molar refractivity (Wildman–Crippen MR) is 98.3 cm³/mol. The maximum atomic E-state index is 12.0. The number of ether oxygens (including phenoxy) is 1. The molecule has 5 nitrogen and oxygen atoms in total. The predicted octanol–water partition coefficient (Wildman–Crippen LogP) is 3.14. The molecule has 140 valence electrons. The molecule has 1 saturated heterocycles. The lowest BCUT2D eigenvalue weighted by Crippen LogP contribution is -2.59. The van der Waals surface area contributed by atoms with E-state index in [-0.39, 0.29) is 23.8 Å². The summed E-state index contributed by atoms with van der Waals surface area (Å²) in [6, 6.07) is -0.0381. The molecule has 2 fully saturated rings. The molecule has 1 heterocycles. The zero-order chi connectivity index (χ0) is 17.6. The molecule has 0 aromatic heterocycles. The van der Waals surface area contributed by atoms with Crippen LogP contribution in [-0.2, 0) is 4.74 Å². The van der Waals surface area contributed by atoms with E-state index in [1.807, 2.05) is 0 Å². The SMILES string of the molecule is CC1CN(C(C)(C)CNC(=O)NCCCC2CCCC2)CC(C)O1. The Balaban J connectivity index is 1.62. The van der Waals surface area contributed by atoms with Crippen molar-refractivity contribution in [2.75, 3.05) is 26.2 Å². The summed E-state index contributed by atoms with van der Waals surface area (Å²) in [5.74, 6) is 0.902. The largest absolute Gasteiger partial charge is 0.373 e. The molecule has 2 amide bonds. The number of amides is 2. The summed E-state index contributed by atoms with van der Waals surface area (Å²) in [7, 11) is 0. The van der Waals surface area contributed by atoms with Gasteiger partial charge in [0, 0.05) is 31.7 Å². The van der Waals surface area contributed by atoms with Gasteiger partial charge < -0.3 is 15.4 Å². The maximum absolute atomic E-state index is 12.0. The van der Waals surface area contributed by atoms with Gasteiger partial charge in [-0.05, 0) is 46.5 Å². The number of nitrogens with one attached hydrogen (secondary N) is 2. The van der Waals surface area contributed by atoms with Crippen LogP contribution < -0.4 is 10.6 Å². The van der Waals surface area contributed by atoms with E-state index < -0.39 is 0 Å². The molecule has 2 aliphatic rings. The van der Waals surface area contributed by atoms with Crippen molar-refractivity contribution in [2.24, 2.45) is 5.92 Å². The van der Waals surface area contributed by atoms with Gasteiger partial charge >= 0.3 is 6.03 Å². The zero-order valence-electron chi connectivity index (χ0n) is 16.1. The number of hydrogen-bond acceptors (Lipinski definition) is 3. The van der Waals surface area contributed by atoms with Crippen LogP contribution in [0.1, 0.15) is 66.2 Å². The van der Waals surface area contributed by atoms with E-state index in [2.05, 4.69) is 43.2 Å². The first-order chi connectivity index (χ1) is 11.4. The van der Waals surface area contributed by atoms with Gasteiger partial charge in [-0.1, -0.05) is 25.7 Å². The van der Waals surface area contributed by atoms with Gasteiger partial charge in [0.1, 0.15) is 0 Å². The topological polar surface area (TPSA) is 53.6 Å². The molecule has 2 N–H and O–H groups in total. The lowest BCUT2D eigenvalue weighted by Gasteiger charge is -2.45. The number of morpholine rings is 1. The fraction of sp³-hybridized carbons (Fsp3) is 0.947. The Bertz CT molecular complexity index is 384. The molecule has 0 radical (unpaired) electrons. The second-order valence-electron chi connectivity index (χ2n) is 8.38. The van der Waals surface area contributed by atoms with Crippen molar-refractivity contribution in [3.05, 3.63) is 0 Å². The quantitative estimate of drug-likeness (QED) is 0.701. The number of hydrogen-bond donors (Lipinski definition) is 2. The van der Waals surface area contributed by atoms with Crippen LogP contribution in [0.4, 0.5) is 4.79 Å². The molecule has 1 aliphatic heterocycles. The van der Waals surface area contributed by atoms with Crippen LogP contribution in [-0.4, -0.2) is 54.9 Å². The van der Waals surface area contributed by atoms with Crippen molar-refractivity contribution in [3.63, 3.8) is 0 Å². The highest BCUT2D eigenvalue weighted by Gasteiger charge is 2.33. The molecule has 0 aromatic rings. The highest BCUT2D eigenvalue weighted by atomic mass is 16.5. The van der Waals surface area contributed by atoms with E-state index in [0.717, 1.165) is 32.0 Å². The molecule has 2 unspecified atom stereocenters. The van der Waals surface area contributed by atoms with Gasteiger partial charge in [-0.2, -0.15) is 0 Å². The maximum Gasteiger partial charge on any atom is 0.314 e. The minimum atomic E-state index is -0.0620. The molecule has 24 heavy (non-hydrogen) atoms. The van der Waals surface area contributed by atoms with Crippen molar-refractivity contribution >= 4 is 6.03 Å². The summed E-state index contributed by atoms with van der Waals surface area (Å²) < 4.78 is 5.80. The molecule has 2 atom stereocenters. The number of carbonyl (C=O) groups is 1. The van der Waals surface area contributed by atoms with Crippen molar-refractivity contribution in [3.8, 4) is 0 Å². The summed E-state index contributed by atoms with van der Waals surface area (Å²) in [5, 5.41) is 6.05. The van der Waals surface area contributed by atoms with Crippen LogP contribution in [0.3, 0.4) is 0 Å². The van der Waals surface area contributed by atoms with Gasteiger partial charge in [-0.25, -0.2) is 4.79 Å². The van der Waals surface area contributed by atoms with Gasteiger partial charge in [0.05, 0.1) is 12.2 Å². The van der Waals surface area contributed by atoms with E-state index in [0.29, 0.717) is 6.54 Å². The van der Waals surface area contributed by atoms with Crippen LogP contribution in [0.2, 0.25) is 0 Å². The van der Waals surface area contributed by atoms with Crippen LogP contribution in [0.15, 0.2) is 0 Å². The van der Waals surface area contributed by atoms with Crippen LogP contribution in [0.5, 0.6) is 0 Å². The van der Waals surface area contributed by atoms with Crippen molar-refractivity contribution in [1.82, 2.24) is 15.5 Å². The molecule has 0 spiro atoms. The Morgan fingerprint density at radius 1 is 1.12 bits per heavy atom. The van der Waals surface area contributed by atoms with Crippen LogP contribution in [0.25, 0.3) is 0 Å². The normalized spacial score (nSPS) is 26.5. The first-order valence-electron chi connectivity index (χ1n) is 9.79. The Morgan fingerprint density at radius 2 is 1.75 bits per heavy atom. The molecule has 2 rings (SSSR count). The monoisotopic (exact) mass is 339 g/mol. The molecule has 1 aliphatic carbocycles. The summed E-state index contributed by atoms with van der Waals surface area (Å²) in [6.45, 7) is 11.9. The molecular formula is C19H37N3O2. The number of rotatable bonds is 7. The highest BCUT2D eigenvalue weighted by molar-refractivity contribution is 5.73. The Labute approximate surface area is 147 Å². The van der Waals surface area contributed by atoms with Gasteiger partial charge in [-0.15, -0.1) is 0 Å². The van der Waals surface area contributed by atoms with Crippen LogP contribution >= 0.6 is 0 Å². The van der Waals surface area contributed by atoms with Gasteiger partial charge in [0.25, 0.3) is 0 Å². The minimum Gasteiger partial charge on any atom is -0.373 e. The first kappa shape index (κ1) is 19.5. The zero-order valence-corrected chi connectivity index (χ0v) is 16.1. The molecule has 1 saturated carbocycles. The Kier molecular flexibility index (Phi) is 7.35. The van der Waals surface area contributed by atoms with Crippen LogP contribution in [0, 0.1) is 5.92 Å². The van der Waals surface area contributed by atoms with E-state index in [1.54, 1.807) is 0 Å². The fourth-order valence-electron chi connectivity index (χ4n) is 4.03. The van der Waals surface area contributed by atoms with E-state index >= 15 is 0 Å². The lowest BCUT2D eigenvalue weighted by atomic mass is 10.00. The third kappa shape index (κ3) is 6.25. The lowest BCUT2D eigenvalue weighted by molar-refractivity contribution is -0.0947. The summed E-state index contributed by atoms with van der Waals surface area (Å²) in [5.41, 5.74) is -0.0620. The molecule has 0 aromatic carbocycles. The first-order valence-corrected chi connectivity index (χ1v) is 9.79. The summed E-state index contributed by atoms with van der Waals surface area (Å²) in [4.78, 5) is 14.5. The summed E-state index contributed by atoms with van der Waals surface area (Å²) >= 11 is 0. The fourth-order valence-corrected chi connectivity index (χ4v) is 4.03.